The fraction of sp³-hybridized carbons (Fsp3) is 0.214. The molecule has 0 fully saturated rings. The first-order chi connectivity index (χ1) is 7.95. The number of pyridine rings is 1. The lowest BCUT2D eigenvalue weighted by Gasteiger charge is -2.19. The van der Waals surface area contributed by atoms with E-state index in [4.69, 9.17) is 4.74 Å². The lowest BCUT2D eigenvalue weighted by Crippen LogP contribution is -2.10. The third-order valence-corrected chi connectivity index (χ3v) is 3.02. The van der Waals surface area contributed by atoms with Gasteiger partial charge in [0.1, 0.15) is 0 Å². The van der Waals surface area contributed by atoms with Gasteiger partial charge in [0.25, 0.3) is 0 Å². The molecule has 0 bridgehead atoms. The van der Waals surface area contributed by atoms with Crippen molar-refractivity contribution in [3.05, 3.63) is 53.9 Å². The molecule has 2 heterocycles. The maximum absolute atomic E-state index is 5.47. The summed E-state index contributed by atoms with van der Waals surface area (Å²) in [4.78, 5) is 4.06. The Morgan fingerprint density at radius 2 is 1.94 bits per heavy atom. The highest BCUT2D eigenvalue weighted by Gasteiger charge is 2.13. The van der Waals surface area contributed by atoms with Crippen LogP contribution in [0.15, 0.2) is 42.7 Å². The SMILES string of the molecule is c1cc2c(c(-c3ccncc3)c1)CCOC2. The zero-order valence-electron chi connectivity index (χ0n) is 9.02. The number of hydrogen-bond donors (Lipinski definition) is 0. The Morgan fingerprint density at radius 1 is 1.06 bits per heavy atom. The Balaban J connectivity index is 2.14. The van der Waals surface area contributed by atoms with E-state index >= 15 is 0 Å². The van der Waals surface area contributed by atoms with Gasteiger partial charge in [-0.2, -0.15) is 0 Å². The maximum Gasteiger partial charge on any atom is 0.0719 e. The summed E-state index contributed by atoms with van der Waals surface area (Å²) < 4.78 is 5.47. The smallest absolute Gasteiger partial charge is 0.0719 e. The highest BCUT2D eigenvalue weighted by atomic mass is 16.5. The third kappa shape index (κ3) is 1.61. The van der Waals surface area contributed by atoms with Crippen molar-refractivity contribution in [1.29, 1.82) is 0 Å². The summed E-state index contributed by atoms with van der Waals surface area (Å²) in [6.45, 7) is 1.57. The lowest BCUT2D eigenvalue weighted by molar-refractivity contribution is 0.111. The second-order valence-electron chi connectivity index (χ2n) is 3.98. The van der Waals surface area contributed by atoms with E-state index in [1.165, 1.54) is 22.3 Å². The average Bonchev–Trinajstić information content (AvgIpc) is 2.39. The van der Waals surface area contributed by atoms with Gasteiger partial charge in [-0.15, -0.1) is 0 Å². The van der Waals surface area contributed by atoms with Crippen LogP contribution in [0.3, 0.4) is 0 Å². The molecular formula is C14H13NO. The molecule has 1 aromatic carbocycles. The van der Waals surface area contributed by atoms with Gasteiger partial charge in [0.15, 0.2) is 0 Å². The van der Waals surface area contributed by atoms with Gasteiger partial charge in [0.05, 0.1) is 13.2 Å². The first kappa shape index (κ1) is 9.55. The van der Waals surface area contributed by atoms with Crippen LogP contribution in [0.1, 0.15) is 11.1 Å². The van der Waals surface area contributed by atoms with Gasteiger partial charge in [-0.05, 0) is 40.8 Å². The van der Waals surface area contributed by atoms with Crippen molar-refractivity contribution in [2.24, 2.45) is 0 Å². The van der Waals surface area contributed by atoms with Crippen LogP contribution in [-0.2, 0) is 17.8 Å². The van der Waals surface area contributed by atoms with Crippen molar-refractivity contribution in [2.75, 3.05) is 6.61 Å². The van der Waals surface area contributed by atoms with Crippen molar-refractivity contribution in [3.63, 3.8) is 0 Å². The van der Waals surface area contributed by atoms with Crippen molar-refractivity contribution in [1.82, 2.24) is 4.98 Å². The molecule has 0 spiro atoms. The van der Waals surface area contributed by atoms with Gasteiger partial charge in [-0.3, -0.25) is 4.98 Å². The summed E-state index contributed by atoms with van der Waals surface area (Å²) in [5, 5.41) is 0. The summed E-state index contributed by atoms with van der Waals surface area (Å²) in [6, 6.07) is 10.6. The monoisotopic (exact) mass is 211 g/mol. The molecule has 0 saturated heterocycles. The Kier molecular flexibility index (Phi) is 2.43. The number of nitrogens with zero attached hydrogens (tertiary/aromatic N) is 1. The number of aromatic nitrogens is 1. The maximum atomic E-state index is 5.47. The van der Waals surface area contributed by atoms with Gasteiger partial charge < -0.3 is 4.74 Å². The summed E-state index contributed by atoms with van der Waals surface area (Å²) in [5.74, 6) is 0. The number of ether oxygens (including phenoxy) is 1. The molecule has 80 valence electrons. The van der Waals surface area contributed by atoms with Crippen LogP contribution >= 0.6 is 0 Å². The standard InChI is InChI=1S/C14H13NO/c1-2-12-10-16-9-6-14(12)13(3-1)11-4-7-15-8-5-11/h1-5,7-8H,6,9-10H2. The molecule has 0 radical (unpaired) electrons. The van der Waals surface area contributed by atoms with Gasteiger partial charge in [0, 0.05) is 12.4 Å². The van der Waals surface area contributed by atoms with E-state index in [-0.39, 0.29) is 0 Å². The van der Waals surface area contributed by atoms with E-state index in [1.807, 2.05) is 12.4 Å². The second-order valence-corrected chi connectivity index (χ2v) is 3.98. The van der Waals surface area contributed by atoms with E-state index in [0.29, 0.717) is 0 Å². The Bertz CT molecular complexity index is 493. The van der Waals surface area contributed by atoms with Crippen LogP contribution in [0, 0.1) is 0 Å². The number of hydrogen-bond acceptors (Lipinski definition) is 2. The van der Waals surface area contributed by atoms with Crippen molar-refractivity contribution >= 4 is 0 Å². The first-order valence-electron chi connectivity index (χ1n) is 5.54. The Labute approximate surface area is 94.9 Å². The zero-order chi connectivity index (χ0) is 10.8. The minimum absolute atomic E-state index is 0.744. The molecule has 0 amide bonds. The minimum Gasteiger partial charge on any atom is -0.376 e. The molecule has 2 nitrogen and oxygen atoms in total. The molecule has 0 unspecified atom stereocenters. The first-order valence-corrected chi connectivity index (χ1v) is 5.54. The third-order valence-electron chi connectivity index (χ3n) is 3.02. The van der Waals surface area contributed by atoms with E-state index < -0.39 is 0 Å². The highest BCUT2D eigenvalue weighted by Crippen LogP contribution is 2.28. The van der Waals surface area contributed by atoms with Gasteiger partial charge in [-0.1, -0.05) is 18.2 Å². The highest BCUT2D eigenvalue weighted by molar-refractivity contribution is 5.68. The van der Waals surface area contributed by atoms with Gasteiger partial charge in [-0.25, -0.2) is 0 Å². The van der Waals surface area contributed by atoms with Crippen molar-refractivity contribution < 1.29 is 4.74 Å². The van der Waals surface area contributed by atoms with Gasteiger partial charge in [0.2, 0.25) is 0 Å². The number of rotatable bonds is 1. The normalized spacial score (nSPS) is 14.5. The number of benzene rings is 1. The molecule has 0 N–H and O–H groups in total. The van der Waals surface area contributed by atoms with Crippen LogP contribution < -0.4 is 0 Å². The molecule has 0 aliphatic carbocycles. The minimum atomic E-state index is 0.744. The molecule has 1 aliphatic heterocycles. The quantitative estimate of drug-likeness (QED) is 0.723. The summed E-state index contributed by atoms with van der Waals surface area (Å²) in [5.41, 5.74) is 5.32. The van der Waals surface area contributed by atoms with Crippen LogP contribution in [0.25, 0.3) is 11.1 Å². The molecule has 1 aromatic heterocycles. The fourth-order valence-electron chi connectivity index (χ4n) is 2.22. The molecular weight excluding hydrogens is 198 g/mol. The molecule has 16 heavy (non-hydrogen) atoms. The molecule has 0 saturated carbocycles. The number of fused-ring (bicyclic) bond motifs is 1. The summed E-state index contributed by atoms with van der Waals surface area (Å²) in [7, 11) is 0. The average molecular weight is 211 g/mol. The second kappa shape index (κ2) is 4.06. The molecule has 2 aromatic rings. The topological polar surface area (TPSA) is 22.1 Å². The predicted molar refractivity (Wildman–Crippen MR) is 63.0 cm³/mol. The Morgan fingerprint density at radius 3 is 2.81 bits per heavy atom. The molecule has 3 rings (SSSR count). The summed E-state index contributed by atoms with van der Waals surface area (Å²) >= 11 is 0. The molecule has 2 heteroatoms. The molecule has 0 atom stereocenters. The molecule has 1 aliphatic rings. The lowest BCUT2D eigenvalue weighted by atomic mass is 9.93. The summed E-state index contributed by atoms with van der Waals surface area (Å²) in [6.07, 6.45) is 4.69. The van der Waals surface area contributed by atoms with E-state index in [2.05, 4.69) is 35.3 Å². The fourth-order valence-corrected chi connectivity index (χ4v) is 2.22. The van der Waals surface area contributed by atoms with Gasteiger partial charge >= 0.3 is 0 Å². The van der Waals surface area contributed by atoms with E-state index in [0.717, 1.165) is 19.6 Å². The zero-order valence-corrected chi connectivity index (χ0v) is 9.02. The van der Waals surface area contributed by atoms with Crippen LogP contribution in [-0.4, -0.2) is 11.6 Å². The van der Waals surface area contributed by atoms with Crippen molar-refractivity contribution in [3.8, 4) is 11.1 Å². The largest absolute Gasteiger partial charge is 0.376 e. The van der Waals surface area contributed by atoms with Crippen LogP contribution in [0.5, 0.6) is 0 Å². The van der Waals surface area contributed by atoms with Crippen molar-refractivity contribution in [2.45, 2.75) is 13.0 Å². The van der Waals surface area contributed by atoms with E-state index in [1.54, 1.807) is 0 Å². The van der Waals surface area contributed by atoms with Crippen LogP contribution in [0.2, 0.25) is 0 Å². The predicted octanol–water partition coefficient (Wildman–Crippen LogP) is 2.82. The van der Waals surface area contributed by atoms with Crippen LogP contribution in [0.4, 0.5) is 0 Å². The Hall–Kier alpha value is -1.67. The van der Waals surface area contributed by atoms with E-state index in [9.17, 15) is 0 Å².